The topological polar surface area (TPSA) is 104 Å². The number of carbonyl (C=O) groups is 2. The van der Waals surface area contributed by atoms with Crippen LogP contribution in [-0.2, 0) is 14.3 Å². The number of ether oxygens (including phenoxy) is 1. The third kappa shape index (κ3) is 3.04. The Morgan fingerprint density at radius 3 is 2.62 bits per heavy atom. The van der Waals surface area contributed by atoms with Crippen molar-refractivity contribution in [1.29, 1.82) is 0 Å². The van der Waals surface area contributed by atoms with Gasteiger partial charge in [-0.05, 0) is 82.6 Å². The van der Waals surface area contributed by atoms with Gasteiger partial charge < -0.3 is 20.1 Å². The molecule has 188 valence electrons. The van der Waals surface area contributed by atoms with E-state index < -0.39 is 28.1 Å². The molecule has 0 spiro atoms. The third-order valence-corrected chi connectivity index (χ3v) is 11.2. The number of aliphatic hydroxyl groups is 3. The number of aliphatic hydroxyl groups excluding tert-OH is 1. The smallest absolute Gasteiger partial charge is 0.309 e. The Kier molecular flexibility index (Phi) is 5.52. The van der Waals surface area contributed by atoms with Crippen LogP contribution in [0.4, 0.5) is 0 Å². The molecule has 1 saturated heterocycles. The van der Waals surface area contributed by atoms with Crippen LogP contribution in [0.2, 0.25) is 0 Å². The lowest BCUT2D eigenvalue weighted by atomic mass is 9.45. The lowest BCUT2D eigenvalue weighted by Gasteiger charge is -2.61. The van der Waals surface area contributed by atoms with Gasteiger partial charge in [0.1, 0.15) is 0 Å². The molecule has 0 unspecified atom stereocenters. The molecular formula is C28H40O6. The number of allylic oxidation sites excluding steroid dienone is 4. The average molecular weight is 473 g/mol. The molecule has 0 aromatic carbocycles. The quantitative estimate of drug-likeness (QED) is 0.428. The molecule has 1 aliphatic heterocycles. The standard InChI is InChI=1S/C28H40O6/c1-16-17(15-34-24(16)31)14-23(30)27(4,32)21-11-13-28(33)20-9-8-18-6-5-7-22(29)26(18,3)19(20)10-12-25(21,28)2/h5,7-8,16-17,19-21,23,30,32-33H,6,9-15H2,1-4H3/t16-,17-,19+,20-,21+,23-,25-,26+,27-,28-/m1/s1. The number of hydrogen-bond donors (Lipinski definition) is 3. The summed E-state index contributed by atoms with van der Waals surface area (Å²) in [6.45, 7) is 7.93. The fourth-order valence-corrected chi connectivity index (χ4v) is 8.76. The van der Waals surface area contributed by atoms with Gasteiger partial charge in [-0.3, -0.25) is 9.59 Å². The number of esters is 1. The molecule has 0 radical (unpaired) electrons. The first-order valence-electron chi connectivity index (χ1n) is 13.1. The van der Waals surface area contributed by atoms with E-state index in [1.807, 2.05) is 13.0 Å². The maximum Gasteiger partial charge on any atom is 0.309 e. The minimum absolute atomic E-state index is 0.0470. The van der Waals surface area contributed by atoms with Gasteiger partial charge in [0, 0.05) is 11.3 Å². The molecule has 5 aliphatic rings. The summed E-state index contributed by atoms with van der Waals surface area (Å²) in [7, 11) is 0. The van der Waals surface area contributed by atoms with E-state index in [1.54, 1.807) is 13.0 Å². The van der Waals surface area contributed by atoms with Crippen molar-refractivity contribution in [1.82, 2.24) is 0 Å². The van der Waals surface area contributed by atoms with E-state index in [-0.39, 0.29) is 47.9 Å². The lowest BCUT2D eigenvalue weighted by Crippen LogP contribution is -2.64. The van der Waals surface area contributed by atoms with E-state index in [0.29, 0.717) is 25.7 Å². The number of hydrogen-bond acceptors (Lipinski definition) is 6. The van der Waals surface area contributed by atoms with Gasteiger partial charge in [0.2, 0.25) is 0 Å². The van der Waals surface area contributed by atoms with E-state index in [4.69, 9.17) is 4.74 Å². The second kappa shape index (κ2) is 7.75. The van der Waals surface area contributed by atoms with Crippen LogP contribution in [0.15, 0.2) is 23.8 Å². The molecule has 10 atom stereocenters. The maximum atomic E-state index is 13.1. The van der Waals surface area contributed by atoms with E-state index in [9.17, 15) is 24.9 Å². The van der Waals surface area contributed by atoms with Crippen LogP contribution in [0.25, 0.3) is 0 Å². The summed E-state index contributed by atoms with van der Waals surface area (Å²) in [4.78, 5) is 24.9. The molecule has 0 bridgehead atoms. The highest BCUT2D eigenvalue weighted by atomic mass is 16.5. The molecule has 34 heavy (non-hydrogen) atoms. The van der Waals surface area contributed by atoms with Gasteiger partial charge in [0.05, 0.1) is 35.2 Å². The van der Waals surface area contributed by atoms with Crippen LogP contribution < -0.4 is 0 Å². The number of carbonyl (C=O) groups excluding carboxylic acids is 2. The van der Waals surface area contributed by atoms with Crippen molar-refractivity contribution in [3.05, 3.63) is 23.8 Å². The summed E-state index contributed by atoms with van der Waals surface area (Å²) in [5.74, 6) is -0.759. The lowest BCUT2D eigenvalue weighted by molar-refractivity contribution is -0.210. The van der Waals surface area contributed by atoms with Gasteiger partial charge in [-0.15, -0.1) is 0 Å². The van der Waals surface area contributed by atoms with Gasteiger partial charge in [-0.2, -0.15) is 0 Å². The summed E-state index contributed by atoms with van der Waals surface area (Å²) >= 11 is 0. The Bertz CT molecular complexity index is 951. The Labute approximate surface area is 202 Å². The van der Waals surface area contributed by atoms with E-state index in [1.165, 1.54) is 5.57 Å². The Hall–Kier alpha value is -1.50. The van der Waals surface area contributed by atoms with E-state index in [0.717, 1.165) is 19.3 Å². The zero-order valence-electron chi connectivity index (χ0n) is 20.9. The molecule has 0 aromatic rings. The molecule has 6 nitrogen and oxygen atoms in total. The van der Waals surface area contributed by atoms with Crippen LogP contribution in [0.5, 0.6) is 0 Å². The molecule has 6 heteroatoms. The fourth-order valence-electron chi connectivity index (χ4n) is 8.76. The minimum atomic E-state index is -1.40. The SMILES string of the molecule is C[C@H]1C(=O)OC[C@H]1C[C@@H](O)[C@](C)(O)[C@H]1CC[C@@]2(O)[C@@H]3CC=C4CC=CC(=O)[C@]4(C)[C@H]3CC[C@]12C. The molecule has 4 aliphatic carbocycles. The molecule has 2 saturated carbocycles. The van der Waals surface area contributed by atoms with E-state index in [2.05, 4.69) is 19.9 Å². The monoisotopic (exact) mass is 472 g/mol. The Morgan fingerprint density at radius 1 is 1.21 bits per heavy atom. The molecule has 3 fully saturated rings. The molecular weight excluding hydrogens is 432 g/mol. The highest BCUT2D eigenvalue weighted by Crippen LogP contribution is 2.68. The van der Waals surface area contributed by atoms with E-state index >= 15 is 0 Å². The third-order valence-electron chi connectivity index (χ3n) is 11.2. The second-order valence-electron chi connectivity index (χ2n) is 12.5. The molecule has 5 rings (SSSR count). The van der Waals surface area contributed by atoms with Crippen molar-refractivity contribution >= 4 is 11.8 Å². The van der Waals surface area contributed by atoms with Crippen molar-refractivity contribution in [2.45, 2.75) is 89.9 Å². The Morgan fingerprint density at radius 2 is 1.94 bits per heavy atom. The van der Waals surface area contributed by atoms with Gasteiger partial charge in [0.15, 0.2) is 5.78 Å². The van der Waals surface area contributed by atoms with Gasteiger partial charge >= 0.3 is 5.97 Å². The normalized spacial score (nSPS) is 48.3. The zero-order chi connectivity index (χ0) is 24.7. The van der Waals surface area contributed by atoms with Gasteiger partial charge in [-0.1, -0.05) is 31.6 Å². The van der Waals surface area contributed by atoms with Crippen molar-refractivity contribution < 1.29 is 29.6 Å². The van der Waals surface area contributed by atoms with Crippen molar-refractivity contribution in [3.8, 4) is 0 Å². The summed E-state index contributed by atoms with van der Waals surface area (Å²) in [5, 5.41) is 35.2. The summed E-state index contributed by atoms with van der Waals surface area (Å²) in [6.07, 6.45) is 9.39. The van der Waals surface area contributed by atoms with Crippen molar-refractivity contribution in [2.75, 3.05) is 6.61 Å². The first-order valence-corrected chi connectivity index (χ1v) is 13.1. The fraction of sp³-hybridized carbons (Fsp3) is 0.786. The van der Waals surface area contributed by atoms with Crippen molar-refractivity contribution in [2.24, 2.45) is 40.4 Å². The molecule has 3 N–H and O–H groups in total. The largest absolute Gasteiger partial charge is 0.465 e. The first-order chi connectivity index (χ1) is 15.9. The van der Waals surface area contributed by atoms with Crippen molar-refractivity contribution in [3.63, 3.8) is 0 Å². The van der Waals surface area contributed by atoms with Crippen LogP contribution in [0.1, 0.15) is 72.6 Å². The maximum absolute atomic E-state index is 13.1. The number of cyclic esters (lactones) is 1. The van der Waals surface area contributed by atoms with Gasteiger partial charge in [-0.25, -0.2) is 0 Å². The Balaban J connectivity index is 1.42. The predicted molar refractivity (Wildman–Crippen MR) is 126 cm³/mol. The number of ketones is 1. The molecule has 0 amide bonds. The first kappa shape index (κ1) is 24.2. The molecule has 1 heterocycles. The molecule has 0 aromatic heterocycles. The van der Waals surface area contributed by atoms with Crippen LogP contribution in [0, 0.1) is 40.4 Å². The predicted octanol–water partition coefficient (Wildman–Crippen LogP) is 3.34. The average Bonchev–Trinajstić information content (AvgIpc) is 3.25. The zero-order valence-corrected chi connectivity index (χ0v) is 20.9. The number of fused-ring (bicyclic) bond motifs is 5. The van der Waals surface area contributed by atoms with Crippen LogP contribution in [-0.4, -0.2) is 51.0 Å². The summed E-state index contributed by atoms with van der Waals surface area (Å²) in [6, 6.07) is 0. The second-order valence-corrected chi connectivity index (χ2v) is 12.5. The number of rotatable bonds is 4. The highest BCUT2D eigenvalue weighted by molar-refractivity contribution is 5.98. The summed E-state index contributed by atoms with van der Waals surface area (Å²) < 4.78 is 5.15. The summed E-state index contributed by atoms with van der Waals surface area (Å²) in [5.41, 5.74) is -2.34. The van der Waals surface area contributed by atoms with Gasteiger partial charge in [0.25, 0.3) is 0 Å². The minimum Gasteiger partial charge on any atom is -0.465 e. The van der Waals surface area contributed by atoms with Crippen LogP contribution in [0.3, 0.4) is 0 Å². The highest BCUT2D eigenvalue weighted by Gasteiger charge is 2.69. The van der Waals surface area contributed by atoms with Crippen LogP contribution >= 0.6 is 0 Å².